The lowest BCUT2D eigenvalue weighted by atomic mass is 10.0. The first-order chi connectivity index (χ1) is 9.70. The molecule has 2 rings (SSSR count). The molecule has 1 atom stereocenters. The van der Waals surface area contributed by atoms with E-state index in [1.54, 1.807) is 0 Å². The minimum atomic E-state index is -0.386. The Labute approximate surface area is 119 Å². The van der Waals surface area contributed by atoms with Crippen LogP contribution in [0.15, 0.2) is 54.6 Å². The zero-order valence-electron chi connectivity index (χ0n) is 11.8. The summed E-state index contributed by atoms with van der Waals surface area (Å²) in [6.45, 7) is 2.01. The fourth-order valence-electron chi connectivity index (χ4n) is 2.11. The van der Waals surface area contributed by atoms with E-state index >= 15 is 0 Å². The second-order valence-corrected chi connectivity index (χ2v) is 4.72. The standard InChI is InChI=1S/C17H19NO2/c1-13-8-6-7-11-15(13)18-16(17(19)20-2)12-14-9-4-3-5-10-14/h3-11,16,18H,12H2,1-2H3/t16-/m0/s1. The van der Waals surface area contributed by atoms with E-state index in [2.05, 4.69) is 5.32 Å². The number of rotatable bonds is 5. The molecule has 3 nitrogen and oxygen atoms in total. The summed E-state index contributed by atoms with van der Waals surface area (Å²) in [7, 11) is 1.42. The van der Waals surface area contributed by atoms with Crippen LogP contribution in [0.1, 0.15) is 11.1 Å². The SMILES string of the molecule is COC(=O)[C@H](Cc1ccccc1)Nc1ccccc1C. The minimum Gasteiger partial charge on any atom is -0.467 e. The molecule has 0 bridgehead atoms. The largest absolute Gasteiger partial charge is 0.467 e. The maximum Gasteiger partial charge on any atom is 0.328 e. The molecule has 1 N–H and O–H groups in total. The Morgan fingerprint density at radius 1 is 1.10 bits per heavy atom. The minimum absolute atomic E-state index is 0.253. The molecule has 0 saturated heterocycles. The molecule has 2 aromatic carbocycles. The van der Waals surface area contributed by atoms with Crippen molar-refractivity contribution < 1.29 is 9.53 Å². The summed E-state index contributed by atoms with van der Waals surface area (Å²) >= 11 is 0. The van der Waals surface area contributed by atoms with Gasteiger partial charge in [0.25, 0.3) is 0 Å². The summed E-state index contributed by atoms with van der Waals surface area (Å²) in [6, 6.07) is 17.4. The zero-order chi connectivity index (χ0) is 14.4. The molecule has 0 amide bonds. The summed E-state index contributed by atoms with van der Waals surface area (Å²) in [5, 5.41) is 3.27. The fourth-order valence-corrected chi connectivity index (χ4v) is 2.11. The number of anilines is 1. The molecular weight excluding hydrogens is 250 g/mol. The van der Waals surface area contributed by atoms with E-state index in [0.29, 0.717) is 6.42 Å². The lowest BCUT2D eigenvalue weighted by molar-refractivity contribution is -0.141. The van der Waals surface area contributed by atoms with E-state index < -0.39 is 0 Å². The third-order valence-electron chi connectivity index (χ3n) is 3.24. The first-order valence-electron chi connectivity index (χ1n) is 6.64. The molecule has 3 heteroatoms. The van der Waals surface area contributed by atoms with Gasteiger partial charge in [0.15, 0.2) is 0 Å². The Bertz CT molecular complexity index is 566. The third-order valence-corrected chi connectivity index (χ3v) is 3.24. The van der Waals surface area contributed by atoms with Crippen molar-refractivity contribution in [2.45, 2.75) is 19.4 Å². The van der Waals surface area contributed by atoms with Crippen LogP contribution in [0.25, 0.3) is 0 Å². The Balaban J connectivity index is 2.16. The van der Waals surface area contributed by atoms with Gasteiger partial charge in [0, 0.05) is 12.1 Å². The number of nitrogens with one attached hydrogen (secondary N) is 1. The van der Waals surface area contributed by atoms with Crippen molar-refractivity contribution in [3.8, 4) is 0 Å². The van der Waals surface area contributed by atoms with E-state index in [1.807, 2.05) is 61.5 Å². The topological polar surface area (TPSA) is 38.3 Å². The Hall–Kier alpha value is -2.29. The molecule has 2 aromatic rings. The van der Waals surface area contributed by atoms with Crippen molar-refractivity contribution in [2.24, 2.45) is 0 Å². The van der Waals surface area contributed by atoms with Gasteiger partial charge in [0.05, 0.1) is 7.11 Å². The van der Waals surface area contributed by atoms with Gasteiger partial charge in [0.1, 0.15) is 6.04 Å². The van der Waals surface area contributed by atoms with Crippen molar-refractivity contribution in [3.63, 3.8) is 0 Å². The highest BCUT2D eigenvalue weighted by Gasteiger charge is 2.19. The van der Waals surface area contributed by atoms with Crippen LogP contribution in [0.2, 0.25) is 0 Å². The van der Waals surface area contributed by atoms with Crippen LogP contribution >= 0.6 is 0 Å². The summed E-state index contributed by atoms with van der Waals surface area (Å²) in [5.41, 5.74) is 3.16. The van der Waals surface area contributed by atoms with Gasteiger partial charge < -0.3 is 10.1 Å². The van der Waals surface area contributed by atoms with E-state index in [4.69, 9.17) is 4.74 Å². The first kappa shape index (κ1) is 14.1. The smallest absolute Gasteiger partial charge is 0.328 e. The van der Waals surface area contributed by atoms with Crippen molar-refractivity contribution >= 4 is 11.7 Å². The van der Waals surface area contributed by atoms with E-state index in [0.717, 1.165) is 16.8 Å². The van der Waals surface area contributed by atoms with Crippen LogP contribution in [0, 0.1) is 6.92 Å². The van der Waals surface area contributed by atoms with Gasteiger partial charge in [0.2, 0.25) is 0 Å². The number of esters is 1. The predicted molar refractivity (Wildman–Crippen MR) is 80.8 cm³/mol. The molecule has 0 fully saturated rings. The second-order valence-electron chi connectivity index (χ2n) is 4.72. The van der Waals surface area contributed by atoms with Crippen molar-refractivity contribution in [1.29, 1.82) is 0 Å². The predicted octanol–water partition coefficient (Wildman–Crippen LogP) is 3.19. The van der Waals surface area contributed by atoms with Crippen LogP contribution in [-0.4, -0.2) is 19.1 Å². The van der Waals surface area contributed by atoms with Crippen LogP contribution in [-0.2, 0) is 16.0 Å². The fraction of sp³-hybridized carbons (Fsp3) is 0.235. The Morgan fingerprint density at radius 3 is 2.40 bits per heavy atom. The van der Waals surface area contributed by atoms with Crippen molar-refractivity contribution in [2.75, 3.05) is 12.4 Å². The number of benzene rings is 2. The van der Waals surface area contributed by atoms with Gasteiger partial charge in [-0.1, -0.05) is 48.5 Å². The van der Waals surface area contributed by atoms with Crippen LogP contribution in [0.5, 0.6) is 0 Å². The maximum absolute atomic E-state index is 11.9. The first-order valence-corrected chi connectivity index (χ1v) is 6.64. The highest BCUT2D eigenvalue weighted by molar-refractivity contribution is 5.80. The molecule has 0 radical (unpaired) electrons. The van der Waals surface area contributed by atoms with Crippen molar-refractivity contribution in [3.05, 3.63) is 65.7 Å². The summed E-state index contributed by atoms with van der Waals surface area (Å²) in [4.78, 5) is 11.9. The molecule has 0 saturated carbocycles. The van der Waals surface area contributed by atoms with E-state index in [1.165, 1.54) is 7.11 Å². The summed E-state index contributed by atoms with van der Waals surface area (Å²) in [6.07, 6.45) is 0.599. The molecule has 0 unspecified atom stereocenters. The van der Waals surface area contributed by atoms with E-state index in [9.17, 15) is 4.79 Å². The van der Waals surface area contributed by atoms with Gasteiger partial charge in [-0.2, -0.15) is 0 Å². The molecular formula is C17H19NO2. The Morgan fingerprint density at radius 2 is 1.75 bits per heavy atom. The van der Waals surface area contributed by atoms with Gasteiger partial charge >= 0.3 is 5.97 Å². The van der Waals surface area contributed by atoms with Crippen LogP contribution in [0.3, 0.4) is 0 Å². The normalized spacial score (nSPS) is 11.7. The van der Waals surface area contributed by atoms with Crippen LogP contribution < -0.4 is 5.32 Å². The van der Waals surface area contributed by atoms with Gasteiger partial charge in [-0.25, -0.2) is 4.79 Å². The second kappa shape index (κ2) is 6.75. The third kappa shape index (κ3) is 3.60. The highest BCUT2D eigenvalue weighted by atomic mass is 16.5. The number of aryl methyl sites for hydroxylation is 1. The summed E-state index contributed by atoms with van der Waals surface area (Å²) in [5.74, 6) is -0.253. The maximum atomic E-state index is 11.9. The molecule has 0 aliphatic rings. The lowest BCUT2D eigenvalue weighted by Crippen LogP contribution is -2.33. The number of para-hydroxylation sites is 1. The lowest BCUT2D eigenvalue weighted by Gasteiger charge is -2.19. The number of methoxy groups -OCH3 is 1. The average molecular weight is 269 g/mol. The van der Waals surface area contributed by atoms with Gasteiger partial charge in [-0.15, -0.1) is 0 Å². The van der Waals surface area contributed by atoms with Crippen LogP contribution in [0.4, 0.5) is 5.69 Å². The average Bonchev–Trinajstić information content (AvgIpc) is 2.49. The molecule has 0 spiro atoms. The monoisotopic (exact) mass is 269 g/mol. The highest BCUT2D eigenvalue weighted by Crippen LogP contribution is 2.16. The molecule has 0 aromatic heterocycles. The number of carbonyl (C=O) groups excluding carboxylic acids is 1. The summed E-state index contributed by atoms with van der Waals surface area (Å²) < 4.78 is 4.90. The Kier molecular flexibility index (Phi) is 4.77. The molecule has 0 aliphatic heterocycles. The molecule has 0 aliphatic carbocycles. The number of hydrogen-bond donors (Lipinski definition) is 1. The quantitative estimate of drug-likeness (QED) is 0.847. The number of carbonyl (C=O) groups is 1. The molecule has 0 heterocycles. The number of ether oxygens (including phenoxy) is 1. The zero-order valence-corrected chi connectivity index (χ0v) is 11.8. The van der Waals surface area contributed by atoms with Crippen molar-refractivity contribution in [1.82, 2.24) is 0 Å². The molecule has 104 valence electrons. The molecule has 20 heavy (non-hydrogen) atoms. The van der Waals surface area contributed by atoms with Gasteiger partial charge in [-0.05, 0) is 24.1 Å². The number of hydrogen-bond acceptors (Lipinski definition) is 3. The van der Waals surface area contributed by atoms with Gasteiger partial charge in [-0.3, -0.25) is 0 Å². The van der Waals surface area contributed by atoms with E-state index in [-0.39, 0.29) is 12.0 Å².